The summed E-state index contributed by atoms with van der Waals surface area (Å²) in [7, 11) is 0. The van der Waals surface area contributed by atoms with E-state index in [-0.39, 0.29) is 35.9 Å². The largest absolute Gasteiger partial charge is 0.508 e. The van der Waals surface area contributed by atoms with Crippen LogP contribution in [0.3, 0.4) is 0 Å². The van der Waals surface area contributed by atoms with Gasteiger partial charge in [-0.1, -0.05) is 0 Å². The number of allylic oxidation sites excluding steroid dienone is 2. The zero-order valence-electron chi connectivity index (χ0n) is 11.8. The number of carbonyl (C=O) groups is 1. The topological polar surface area (TPSA) is 103 Å². The van der Waals surface area contributed by atoms with Crippen molar-refractivity contribution in [2.45, 2.75) is 13.3 Å². The molecule has 1 aliphatic rings. The highest BCUT2D eigenvalue weighted by Crippen LogP contribution is 2.38. The summed E-state index contributed by atoms with van der Waals surface area (Å²) in [5.74, 6) is -0.127. The maximum Gasteiger partial charge on any atom is 0.310 e. The van der Waals surface area contributed by atoms with Gasteiger partial charge in [0.05, 0.1) is 13.0 Å². The lowest BCUT2D eigenvalue weighted by atomic mass is 9.97. The molecule has 6 nitrogen and oxygen atoms in total. The van der Waals surface area contributed by atoms with Gasteiger partial charge in [0.2, 0.25) is 0 Å². The highest BCUT2D eigenvalue weighted by molar-refractivity contribution is 5.88. The van der Waals surface area contributed by atoms with Gasteiger partial charge >= 0.3 is 5.97 Å². The van der Waals surface area contributed by atoms with Gasteiger partial charge < -0.3 is 14.6 Å². The maximum atomic E-state index is 11.7. The zero-order chi connectivity index (χ0) is 16.1. The molecule has 1 aromatic carbocycles. The number of phenolic OH excluding ortho intramolecular Hbond substituents is 1. The normalized spacial score (nSPS) is 12.1. The number of nitriles is 2. The van der Waals surface area contributed by atoms with Crippen LogP contribution in [0.2, 0.25) is 0 Å². The highest BCUT2D eigenvalue weighted by atomic mass is 16.5. The van der Waals surface area contributed by atoms with Crippen LogP contribution in [0.4, 0.5) is 0 Å². The number of hydrogen-bond donors (Lipinski definition) is 1. The van der Waals surface area contributed by atoms with E-state index in [9.17, 15) is 9.90 Å². The number of aromatic hydroxyl groups is 1. The van der Waals surface area contributed by atoms with Gasteiger partial charge in [-0.05, 0) is 30.7 Å². The van der Waals surface area contributed by atoms with Crippen molar-refractivity contribution in [1.82, 2.24) is 0 Å². The number of fused-ring (bicyclic) bond motifs is 1. The minimum atomic E-state index is -0.426. The molecule has 0 aliphatic carbocycles. The predicted molar refractivity (Wildman–Crippen MR) is 76.2 cm³/mol. The average molecular weight is 296 g/mol. The van der Waals surface area contributed by atoms with E-state index in [1.54, 1.807) is 25.1 Å². The van der Waals surface area contributed by atoms with E-state index in [1.807, 2.05) is 0 Å². The Kier molecular flexibility index (Phi) is 4.45. The SMILES string of the molecule is CCOC(=O)CC1=CC(=C(C#N)C#N)Oc2cc(O)ccc21. The van der Waals surface area contributed by atoms with Gasteiger partial charge in [-0.15, -0.1) is 0 Å². The van der Waals surface area contributed by atoms with Gasteiger partial charge in [-0.25, -0.2) is 0 Å². The van der Waals surface area contributed by atoms with E-state index in [2.05, 4.69) is 0 Å². The lowest BCUT2D eigenvalue weighted by Gasteiger charge is -2.20. The summed E-state index contributed by atoms with van der Waals surface area (Å²) in [6.45, 7) is 1.96. The Hall–Kier alpha value is -3.25. The van der Waals surface area contributed by atoms with Gasteiger partial charge in [-0.3, -0.25) is 4.79 Å². The van der Waals surface area contributed by atoms with Crippen LogP contribution in [0.15, 0.2) is 35.6 Å². The summed E-state index contributed by atoms with van der Waals surface area (Å²) in [5, 5.41) is 27.4. The molecule has 0 spiro atoms. The van der Waals surface area contributed by atoms with Gasteiger partial charge in [0, 0.05) is 11.6 Å². The molecule has 0 saturated carbocycles. The number of benzene rings is 1. The van der Waals surface area contributed by atoms with Gasteiger partial charge in [0.1, 0.15) is 23.6 Å². The maximum absolute atomic E-state index is 11.7. The minimum absolute atomic E-state index is 0.0223. The number of esters is 1. The molecular weight excluding hydrogens is 284 g/mol. The molecule has 0 saturated heterocycles. The molecule has 0 bridgehead atoms. The second kappa shape index (κ2) is 6.47. The third-order valence-corrected chi connectivity index (χ3v) is 2.95. The molecule has 2 rings (SSSR count). The van der Waals surface area contributed by atoms with Crippen molar-refractivity contribution in [2.24, 2.45) is 0 Å². The molecule has 0 aromatic heterocycles. The molecule has 6 heteroatoms. The first-order valence-electron chi connectivity index (χ1n) is 6.51. The molecule has 22 heavy (non-hydrogen) atoms. The Morgan fingerprint density at radius 1 is 1.36 bits per heavy atom. The second-order valence-electron chi connectivity index (χ2n) is 4.40. The Balaban J connectivity index is 2.51. The van der Waals surface area contributed by atoms with E-state index in [0.29, 0.717) is 11.1 Å². The number of hydrogen-bond acceptors (Lipinski definition) is 6. The van der Waals surface area contributed by atoms with Gasteiger partial charge in [-0.2, -0.15) is 10.5 Å². The number of nitrogens with zero attached hydrogens (tertiary/aromatic N) is 2. The lowest BCUT2D eigenvalue weighted by molar-refractivity contribution is -0.141. The van der Waals surface area contributed by atoms with E-state index < -0.39 is 5.97 Å². The Morgan fingerprint density at radius 3 is 2.73 bits per heavy atom. The standard InChI is InChI=1S/C16H12N2O4/c1-2-21-16(20)6-10-5-14(11(8-17)9-18)22-15-7-12(19)3-4-13(10)15/h3-5,7,19H,2,6H2,1H3. The first kappa shape index (κ1) is 15.1. The smallest absolute Gasteiger partial charge is 0.310 e. The van der Waals surface area contributed by atoms with Crippen LogP contribution in [0.25, 0.3) is 5.57 Å². The van der Waals surface area contributed by atoms with Crippen molar-refractivity contribution in [1.29, 1.82) is 10.5 Å². The summed E-state index contributed by atoms with van der Waals surface area (Å²) >= 11 is 0. The molecular formula is C16H12N2O4. The zero-order valence-corrected chi connectivity index (χ0v) is 11.8. The number of carbonyl (C=O) groups excluding carboxylic acids is 1. The van der Waals surface area contributed by atoms with Gasteiger partial charge in [0.25, 0.3) is 0 Å². The molecule has 1 aromatic rings. The fraction of sp³-hybridized carbons (Fsp3) is 0.188. The highest BCUT2D eigenvalue weighted by Gasteiger charge is 2.22. The average Bonchev–Trinajstić information content (AvgIpc) is 2.48. The monoisotopic (exact) mass is 296 g/mol. The summed E-state index contributed by atoms with van der Waals surface area (Å²) in [6.07, 6.45) is 1.45. The Labute approximate surface area is 127 Å². The van der Waals surface area contributed by atoms with Crippen LogP contribution in [-0.4, -0.2) is 17.7 Å². The van der Waals surface area contributed by atoms with Crippen molar-refractivity contribution in [3.05, 3.63) is 41.2 Å². The van der Waals surface area contributed by atoms with Crippen LogP contribution in [0.1, 0.15) is 18.9 Å². The molecule has 110 valence electrons. The van der Waals surface area contributed by atoms with E-state index in [4.69, 9.17) is 20.0 Å². The van der Waals surface area contributed by atoms with Crippen molar-refractivity contribution in [3.8, 4) is 23.6 Å². The second-order valence-corrected chi connectivity index (χ2v) is 4.40. The summed E-state index contributed by atoms with van der Waals surface area (Å²) in [4.78, 5) is 11.7. The van der Waals surface area contributed by atoms with Crippen molar-refractivity contribution < 1.29 is 19.4 Å². The summed E-state index contributed by atoms with van der Waals surface area (Å²) < 4.78 is 10.4. The lowest BCUT2D eigenvalue weighted by Crippen LogP contribution is -2.10. The van der Waals surface area contributed by atoms with E-state index in [0.717, 1.165) is 0 Å². The molecule has 1 aliphatic heterocycles. The first-order valence-corrected chi connectivity index (χ1v) is 6.51. The summed E-state index contributed by atoms with van der Waals surface area (Å²) in [5.41, 5.74) is 0.942. The molecule has 0 unspecified atom stereocenters. The predicted octanol–water partition coefficient (Wildman–Crippen LogP) is 2.42. The van der Waals surface area contributed by atoms with Crippen LogP contribution < -0.4 is 4.74 Å². The van der Waals surface area contributed by atoms with Crippen molar-refractivity contribution in [3.63, 3.8) is 0 Å². The Morgan fingerprint density at radius 2 is 2.09 bits per heavy atom. The summed E-state index contributed by atoms with van der Waals surface area (Å²) in [6, 6.07) is 7.90. The van der Waals surface area contributed by atoms with Gasteiger partial charge in [0.15, 0.2) is 11.3 Å². The quantitative estimate of drug-likeness (QED) is 0.678. The molecule has 0 radical (unpaired) electrons. The van der Waals surface area contributed by atoms with Crippen molar-refractivity contribution in [2.75, 3.05) is 6.61 Å². The van der Waals surface area contributed by atoms with Crippen LogP contribution in [0.5, 0.6) is 11.5 Å². The van der Waals surface area contributed by atoms with Crippen LogP contribution >= 0.6 is 0 Å². The molecule has 0 amide bonds. The van der Waals surface area contributed by atoms with Crippen LogP contribution in [-0.2, 0) is 9.53 Å². The fourth-order valence-electron chi connectivity index (χ4n) is 2.02. The molecule has 1 heterocycles. The number of rotatable bonds is 3. The molecule has 0 atom stereocenters. The number of ether oxygens (including phenoxy) is 2. The third kappa shape index (κ3) is 3.08. The van der Waals surface area contributed by atoms with E-state index >= 15 is 0 Å². The first-order chi connectivity index (χ1) is 10.6. The molecule has 0 fully saturated rings. The minimum Gasteiger partial charge on any atom is -0.508 e. The van der Waals surface area contributed by atoms with E-state index in [1.165, 1.54) is 18.2 Å². The Bertz CT molecular complexity index is 747. The van der Waals surface area contributed by atoms with Crippen LogP contribution in [0, 0.1) is 22.7 Å². The third-order valence-electron chi connectivity index (χ3n) is 2.95. The fourth-order valence-corrected chi connectivity index (χ4v) is 2.02. The molecule has 1 N–H and O–H groups in total. The number of phenols is 1. The van der Waals surface area contributed by atoms with Crippen molar-refractivity contribution >= 4 is 11.5 Å².